The van der Waals surface area contributed by atoms with Crippen molar-refractivity contribution in [2.45, 2.75) is 26.4 Å². The maximum absolute atomic E-state index is 4.39. The van der Waals surface area contributed by atoms with E-state index in [2.05, 4.69) is 76.5 Å². The molecular formula is C15H17BrN2. The van der Waals surface area contributed by atoms with Crippen LogP contribution < -0.4 is 5.32 Å². The zero-order chi connectivity index (χ0) is 13.0. The first kappa shape index (κ1) is 13.2. The lowest BCUT2D eigenvalue weighted by atomic mass is 10.1. The van der Waals surface area contributed by atoms with Gasteiger partial charge in [-0.05, 0) is 43.2 Å². The Morgan fingerprint density at radius 1 is 1.17 bits per heavy atom. The van der Waals surface area contributed by atoms with Crippen LogP contribution in [0.1, 0.15) is 29.8 Å². The minimum Gasteiger partial charge on any atom is -0.305 e. The molecule has 0 spiro atoms. The van der Waals surface area contributed by atoms with Crippen molar-refractivity contribution in [3.8, 4) is 0 Å². The Morgan fingerprint density at radius 3 is 2.50 bits per heavy atom. The highest BCUT2D eigenvalue weighted by Crippen LogP contribution is 2.16. The Hall–Kier alpha value is -1.19. The molecule has 1 N–H and O–H groups in total. The first-order valence-electron chi connectivity index (χ1n) is 6.05. The maximum atomic E-state index is 4.39. The van der Waals surface area contributed by atoms with Crippen molar-refractivity contribution >= 4 is 15.9 Å². The SMILES string of the molecule is Cc1ccc(CN[C@H](C)c2ccc(Br)cc2)nc1. The molecule has 3 heteroatoms. The number of rotatable bonds is 4. The third-order valence-electron chi connectivity index (χ3n) is 2.93. The monoisotopic (exact) mass is 304 g/mol. The summed E-state index contributed by atoms with van der Waals surface area (Å²) in [7, 11) is 0. The van der Waals surface area contributed by atoms with Gasteiger partial charge in [0.2, 0.25) is 0 Å². The van der Waals surface area contributed by atoms with E-state index in [1.165, 1.54) is 11.1 Å². The van der Waals surface area contributed by atoms with E-state index in [4.69, 9.17) is 0 Å². The molecule has 2 nitrogen and oxygen atoms in total. The van der Waals surface area contributed by atoms with E-state index in [0.717, 1.165) is 16.7 Å². The maximum Gasteiger partial charge on any atom is 0.0542 e. The summed E-state index contributed by atoms with van der Waals surface area (Å²) in [5, 5.41) is 3.48. The molecule has 1 heterocycles. The molecule has 0 amide bonds. The van der Waals surface area contributed by atoms with Crippen LogP contribution >= 0.6 is 15.9 Å². The molecule has 0 aliphatic rings. The fourth-order valence-corrected chi connectivity index (χ4v) is 1.99. The Balaban J connectivity index is 1.93. The van der Waals surface area contributed by atoms with Gasteiger partial charge in [0.25, 0.3) is 0 Å². The fourth-order valence-electron chi connectivity index (χ4n) is 1.73. The number of hydrogen-bond donors (Lipinski definition) is 1. The molecule has 0 unspecified atom stereocenters. The number of nitrogens with one attached hydrogen (secondary N) is 1. The number of benzene rings is 1. The summed E-state index contributed by atoms with van der Waals surface area (Å²) in [4.78, 5) is 4.39. The van der Waals surface area contributed by atoms with Crippen molar-refractivity contribution in [1.29, 1.82) is 0 Å². The van der Waals surface area contributed by atoms with Crippen molar-refractivity contribution in [3.63, 3.8) is 0 Å². The van der Waals surface area contributed by atoms with E-state index in [9.17, 15) is 0 Å². The highest BCUT2D eigenvalue weighted by Gasteiger charge is 2.04. The fraction of sp³-hybridized carbons (Fsp3) is 0.267. The van der Waals surface area contributed by atoms with Crippen LogP contribution in [0.5, 0.6) is 0 Å². The summed E-state index contributed by atoms with van der Waals surface area (Å²) in [5.74, 6) is 0. The first-order chi connectivity index (χ1) is 8.65. The summed E-state index contributed by atoms with van der Waals surface area (Å²) in [6, 6.07) is 12.9. The standard InChI is InChI=1S/C15H17BrN2/c1-11-3-8-15(18-9-11)10-17-12(2)13-4-6-14(16)7-5-13/h3-9,12,17H,10H2,1-2H3/t12-/m1/s1. The smallest absolute Gasteiger partial charge is 0.0542 e. The molecule has 94 valence electrons. The normalized spacial score (nSPS) is 12.4. The van der Waals surface area contributed by atoms with Gasteiger partial charge in [0, 0.05) is 23.3 Å². The second-order valence-corrected chi connectivity index (χ2v) is 5.40. The topological polar surface area (TPSA) is 24.9 Å². The molecule has 1 atom stereocenters. The minimum absolute atomic E-state index is 0.321. The molecule has 0 fully saturated rings. The number of aromatic nitrogens is 1. The summed E-state index contributed by atoms with van der Waals surface area (Å²) in [6.07, 6.45) is 1.90. The number of halogens is 1. The van der Waals surface area contributed by atoms with Gasteiger partial charge in [-0.3, -0.25) is 4.98 Å². The van der Waals surface area contributed by atoms with Crippen molar-refractivity contribution in [2.24, 2.45) is 0 Å². The van der Waals surface area contributed by atoms with Crippen LogP contribution in [0.25, 0.3) is 0 Å². The van der Waals surface area contributed by atoms with Gasteiger partial charge in [0.05, 0.1) is 5.69 Å². The largest absolute Gasteiger partial charge is 0.305 e. The predicted molar refractivity (Wildman–Crippen MR) is 78.4 cm³/mol. The zero-order valence-electron chi connectivity index (χ0n) is 10.7. The molecule has 2 aromatic rings. The first-order valence-corrected chi connectivity index (χ1v) is 6.85. The number of pyridine rings is 1. The van der Waals surface area contributed by atoms with Gasteiger partial charge >= 0.3 is 0 Å². The molecule has 0 aliphatic carbocycles. The van der Waals surface area contributed by atoms with Crippen molar-refractivity contribution < 1.29 is 0 Å². The predicted octanol–water partition coefficient (Wildman–Crippen LogP) is 4.00. The van der Waals surface area contributed by atoms with Gasteiger partial charge in [-0.2, -0.15) is 0 Å². The van der Waals surface area contributed by atoms with Crippen molar-refractivity contribution in [2.75, 3.05) is 0 Å². The summed E-state index contributed by atoms with van der Waals surface area (Å²) in [5.41, 5.74) is 3.55. The molecule has 0 bridgehead atoms. The number of nitrogens with zero attached hydrogens (tertiary/aromatic N) is 1. The lowest BCUT2D eigenvalue weighted by Crippen LogP contribution is -2.18. The highest BCUT2D eigenvalue weighted by atomic mass is 79.9. The van der Waals surface area contributed by atoms with E-state index in [1.54, 1.807) is 0 Å². The van der Waals surface area contributed by atoms with Gasteiger partial charge < -0.3 is 5.32 Å². The van der Waals surface area contributed by atoms with E-state index in [1.807, 2.05) is 6.20 Å². The molecule has 0 saturated carbocycles. The second kappa shape index (κ2) is 6.12. The third kappa shape index (κ3) is 3.65. The molecule has 0 aliphatic heterocycles. The molecule has 2 rings (SSSR count). The molecule has 0 radical (unpaired) electrons. The average Bonchev–Trinajstić information content (AvgIpc) is 2.38. The van der Waals surface area contributed by atoms with E-state index in [-0.39, 0.29) is 0 Å². The quantitative estimate of drug-likeness (QED) is 0.923. The average molecular weight is 305 g/mol. The Labute approximate surface area is 117 Å². The summed E-state index contributed by atoms with van der Waals surface area (Å²) in [6.45, 7) is 5.00. The molecule has 1 aromatic heterocycles. The molecular weight excluding hydrogens is 288 g/mol. The van der Waals surface area contributed by atoms with Gasteiger partial charge in [0.1, 0.15) is 0 Å². The Morgan fingerprint density at radius 2 is 1.89 bits per heavy atom. The van der Waals surface area contributed by atoms with Crippen LogP contribution in [0.3, 0.4) is 0 Å². The Bertz CT molecular complexity index is 491. The highest BCUT2D eigenvalue weighted by molar-refractivity contribution is 9.10. The van der Waals surface area contributed by atoms with E-state index >= 15 is 0 Å². The van der Waals surface area contributed by atoms with Crippen LogP contribution in [0.4, 0.5) is 0 Å². The lowest BCUT2D eigenvalue weighted by molar-refractivity contribution is 0.567. The number of aryl methyl sites for hydroxylation is 1. The van der Waals surface area contributed by atoms with Gasteiger partial charge in [-0.1, -0.05) is 34.1 Å². The minimum atomic E-state index is 0.321. The summed E-state index contributed by atoms with van der Waals surface area (Å²) < 4.78 is 1.11. The van der Waals surface area contributed by atoms with Gasteiger partial charge in [-0.15, -0.1) is 0 Å². The second-order valence-electron chi connectivity index (χ2n) is 4.48. The zero-order valence-corrected chi connectivity index (χ0v) is 12.2. The molecule has 0 saturated heterocycles. The Kier molecular flexibility index (Phi) is 4.50. The lowest BCUT2D eigenvalue weighted by Gasteiger charge is -2.14. The number of hydrogen-bond acceptors (Lipinski definition) is 2. The van der Waals surface area contributed by atoms with Crippen LogP contribution in [0, 0.1) is 6.92 Å². The van der Waals surface area contributed by atoms with Crippen LogP contribution in [-0.4, -0.2) is 4.98 Å². The molecule has 1 aromatic carbocycles. The third-order valence-corrected chi connectivity index (χ3v) is 3.46. The van der Waals surface area contributed by atoms with Gasteiger partial charge in [0.15, 0.2) is 0 Å². The van der Waals surface area contributed by atoms with Crippen LogP contribution in [0.2, 0.25) is 0 Å². The van der Waals surface area contributed by atoms with E-state index < -0.39 is 0 Å². The van der Waals surface area contributed by atoms with Crippen molar-refractivity contribution in [1.82, 2.24) is 10.3 Å². The van der Waals surface area contributed by atoms with Crippen LogP contribution in [0.15, 0.2) is 47.1 Å². The van der Waals surface area contributed by atoms with E-state index in [0.29, 0.717) is 6.04 Å². The van der Waals surface area contributed by atoms with Gasteiger partial charge in [-0.25, -0.2) is 0 Å². The van der Waals surface area contributed by atoms with Crippen molar-refractivity contribution in [3.05, 3.63) is 63.9 Å². The molecule has 18 heavy (non-hydrogen) atoms. The summed E-state index contributed by atoms with van der Waals surface area (Å²) >= 11 is 3.45. The van der Waals surface area contributed by atoms with Crippen LogP contribution in [-0.2, 0) is 6.54 Å².